The first kappa shape index (κ1) is 22.8. The maximum absolute atomic E-state index is 12.6. The number of benzene rings is 3. The van der Waals surface area contributed by atoms with Crippen molar-refractivity contribution >= 4 is 28.9 Å². The van der Waals surface area contributed by atoms with Gasteiger partial charge in [0.25, 0.3) is 5.91 Å². The number of thiocarbonyl (C=S) groups is 1. The molecule has 0 saturated heterocycles. The molecule has 0 heterocycles. The van der Waals surface area contributed by atoms with Crippen LogP contribution in [0.5, 0.6) is 17.2 Å². The lowest BCUT2D eigenvalue weighted by Crippen LogP contribution is -2.34. The van der Waals surface area contributed by atoms with E-state index in [2.05, 4.69) is 17.2 Å². The van der Waals surface area contributed by atoms with Gasteiger partial charge in [-0.05, 0) is 54.7 Å². The van der Waals surface area contributed by atoms with Crippen LogP contribution in [-0.2, 0) is 0 Å². The van der Waals surface area contributed by atoms with Crippen molar-refractivity contribution in [3.05, 3.63) is 97.1 Å². The number of amides is 1. The molecule has 164 valence electrons. The van der Waals surface area contributed by atoms with Crippen LogP contribution in [0.4, 0.5) is 5.69 Å². The highest BCUT2D eigenvalue weighted by atomic mass is 32.1. The third-order valence-electron chi connectivity index (χ3n) is 4.15. The second-order valence-electron chi connectivity index (χ2n) is 6.57. The number of hydrogen-bond donors (Lipinski definition) is 2. The molecule has 6 nitrogen and oxygen atoms in total. The zero-order valence-electron chi connectivity index (χ0n) is 17.5. The Bertz CT molecular complexity index is 1060. The molecule has 0 atom stereocenters. The van der Waals surface area contributed by atoms with E-state index in [1.165, 1.54) is 0 Å². The summed E-state index contributed by atoms with van der Waals surface area (Å²) >= 11 is 5.26. The number of rotatable bonds is 10. The summed E-state index contributed by atoms with van der Waals surface area (Å²) in [6, 6.07) is 23.6. The van der Waals surface area contributed by atoms with Crippen LogP contribution in [0, 0.1) is 0 Å². The van der Waals surface area contributed by atoms with Gasteiger partial charge >= 0.3 is 0 Å². The normalized spacial score (nSPS) is 10.0. The van der Waals surface area contributed by atoms with Gasteiger partial charge in [0.1, 0.15) is 37.1 Å². The number of nitrogens with one attached hydrogen (secondary N) is 2. The average Bonchev–Trinajstić information content (AvgIpc) is 2.81. The SMILES string of the molecule is C=CCOc1cccc(NC(=S)NC(=O)c2cccc(OCCOc3ccccc3)c2)c1. The maximum atomic E-state index is 12.6. The second kappa shape index (κ2) is 12.1. The summed E-state index contributed by atoms with van der Waals surface area (Å²) in [5.41, 5.74) is 1.13. The summed E-state index contributed by atoms with van der Waals surface area (Å²) in [4.78, 5) is 12.6. The number of ether oxygens (including phenoxy) is 3. The van der Waals surface area contributed by atoms with E-state index in [1.54, 1.807) is 36.4 Å². The van der Waals surface area contributed by atoms with Crippen LogP contribution < -0.4 is 24.8 Å². The molecule has 0 spiro atoms. The van der Waals surface area contributed by atoms with Gasteiger partial charge in [-0.1, -0.05) is 43.0 Å². The number of para-hydroxylation sites is 1. The average molecular weight is 449 g/mol. The molecule has 7 heteroatoms. The van der Waals surface area contributed by atoms with Crippen LogP contribution in [0.2, 0.25) is 0 Å². The molecule has 3 rings (SSSR count). The Morgan fingerprint density at radius 2 is 1.50 bits per heavy atom. The van der Waals surface area contributed by atoms with Crippen LogP contribution in [0.25, 0.3) is 0 Å². The molecular formula is C25H24N2O4S. The first-order chi connectivity index (χ1) is 15.6. The summed E-state index contributed by atoms with van der Waals surface area (Å²) in [7, 11) is 0. The van der Waals surface area contributed by atoms with Crippen LogP contribution in [-0.4, -0.2) is 30.8 Å². The van der Waals surface area contributed by atoms with E-state index in [1.807, 2.05) is 48.5 Å². The highest BCUT2D eigenvalue weighted by Gasteiger charge is 2.10. The molecule has 32 heavy (non-hydrogen) atoms. The zero-order valence-corrected chi connectivity index (χ0v) is 18.3. The number of carbonyl (C=O) groups excluding carboxylic acids is 1. The molecule has 0 bridgehead atoms. The third-order valence-corrected chi connectivity index (χ3v) is 4.35. The lowest BCUT2D eigenvalue weighted by atomic mass is 10.2. The van der Waals surface area contributed by atoms with Gasteiger partial charge in [-0.25, -0.2) is 0 Å². The fraction of sp³-hybridized carbons (Fsp3) is 0.120. The predicted molar refractivity (Wildman–Crippen MR) is 130 cm³/mol. The molecule has 0 aromatic heterocycles. The van der Waals surface area contributed by atoms with Crippen molar-refractivity contribution in [3.8, 4) is 17.2 Å². The first-order valence-electron chi connectivity index (χ1n) is 10.0. The molecule has 2 N–H and O–H groups in total. The Balaban J connectivity index is 1.48. The molecule has 0 saturated carbocycles. The molecular weight excluding hydrogens is 424 g/mol. The Morgan fingerprint density at radius 3 is 2.25 bits per heavy atom. The van der Waals surface area contributed by atoms with Crippen molar-refractivity contribution in [3.63, 3.8) is 0 Å². The van der Waals surface area contributed by atoms with Gasteiger partial charge in [0.2, 0.25) is 0 Å². The van der Waals surface area contributed by atoms with E-state index in [0.717, 1.165) is 5.75 Å². The number of carbonyl (C=O) groups is 1. The van der Waals surface area contributed by atoms with Crippen molar-refractivity contribution in [1.29, 1.82) is 0 Å². The van der Waals surface area contributed by atoms with E-state index in [-0.39, 0.29) is 11.0 Å². The van der Waals surface area contributed by atoms with Gasteiger partial charge < -0.3 is 19.5 Å². The van der Waals surface area contributed by atoms with Gasteiger partial charge in [-0.2, -0.15) is 0 Å². The lowest BCUT2D eigenvalue weighted by molar-refractivity contribution is 0.0977. The van der Waals surface area contributed by atoms with Crippen molar-refractivity contribution in [2.24, 2.45) is 0 Å². The molecule has 3 aromatic rings. The smallest absolute Gasteiger partial charge is 0.257 e. The van der Waals surface area contributed by atoms with Crippen LogP contribution >= 0.6 is 12.2 Å². The van der Waals surface area contributed by atoms with Crippen LogP contribution in [0.1, 0.15) is 10.4 Å². The van der Waals surface area contributed by atoms with Gasteiger partial charge in [0.05, 0.1) is 0 Å². The van der Waals surface area contributed by atoms with Gasteiger partial charge in [-0.3, -0.25) is 10.1 Å². The monoisotopic (exact) mass is 448 g/mol. The van der Waals surface area contributed by atoms with Gasteiger partial charge in [-0.15, -0.1) is 0 Å². The molecule has 0 unspecified atom stereocenters. The Morgan fingerprint density at radius 1 is 0.844 bits per heavy atom. The van der Waals surface area contributed by atoms with E-state index < -0.39 is 0 Å². The minimum absolute atomic E-state index is 0.179. The van der Waals surface area contributed by atoms with Crippen LogP contribution in [0.3, 0.4) is 0 Å². The van der Waals surface area contributed by atoms with E-state index in [9.17, 15) is 4.79 Å². The van der Waals surface area contributed by atoms with E-state index >= 15 is 0 Å². The molecule has 0 fully saturated rings. The van der Waals surface area contributed by atoms with Gasteiger partial charge in [0, 0.05) is 17.3 Å². The first-order valence-corrected chi connectivity index (χ1v) is 10.4. The Kier molecular flexibility index (Phi) is 8.65. The lowest BCUT2D eigenvalue weighted by Gasteiger charge is -2.12. The number of anilines is 1. The summed E-state index contributed by atoms with van der Waals surface area (Å²) < 4.78 is 16.8. The van der Waals surface area contributed by atoms with E-state index in [0.29, 0.717) is 42.6 Å². The third kappa shape index (κ3) is 7.45. The molecule has 0 aliphatic heterocycles. The highest BCUT2D eigenvalue weighted by Crippen LogP contribution is 2.18. The fourth-order valence-corrected chi connectivity index (χ4v) is 2.93. The molecule has 1 amide bonds. The minimum Gasteiger partial charge on any atom is -0.490 e. The maximum Gasteiger partial charge on any atom is 0.257 e. The molecule has 0 aliphatic carbocycles. The highest BCUT2D eigenvalue weighted by molar-refractivity contribution is 7.80. The van der Waals surface area contributed by atoms with Gasteiger partial charge in [0.15, 0.2) is 5.11 Å². The van der Waals surface area contributed by atoms with Crippen molar-refractivity contribution in [1.82, 2.24) is 5.32 Å². The Hall–Kier alpha value is -3.84. The van der Waals surface area contributed by atoms with E-state index in [4.69, 9.17) is 26.4 Å². The quantitative estimate of drug-likeness (QED) is 0.263. The summed E-state index contributed by atoms with van der Waals surface area (Å²) in [5.74, 6) is 1.68. The molecule has 3 aromatic carbocycles. The standard InChI is InChI=1S/C25H24N2O4S/c1-2-14-29-23-13-7-9-20(18-23)26-25(32)27-24(28)19-8-6-12-22(17-19)31-16-15-30-21-10-4-3-5-11-21/h2-13,17-18H,1,14-16H2,(H2,26,27,28,32). The van der Waals surface area contributed by atoms with Crippen molar-refractivity contribution < 1.29 is 19.0 Å². The van der Waals surface area contributed by atoms with Crippen molar-refractivity contribution in [2.75, 3.05) is 25.1 Å². The predicted octanol–water partition coefficient (Wildman–Crippen LogP) is 4.84. The summed E-state index contributed by atoms with van der Waals surface area (Å²) in [6.45, 7) is 4.77. The van der Waals surface area contributed by atoms with Crippen molar-refractivity contribution in [2.45, 2.75) is 0 Å². The fourth-order valence-electron chi connectivity index (χ4n) is 2.72. The second-order valence-corrected chi connectivity index (χ2v) is 6.98. The van der Waals surface area contributed by atoms with Crippen LogP contribution in [0.15, 0.2) is 91.5 Å². The number of hydrogen-bond acceptors (Lipinski definition) is 5. The molecule has 0 aliphatic rings. The largest absolute Gasteiger partial charge is 0.490 e. The zero-order chi connectivity index (χ0) is 22.6. The molecule has 0 radical (unpaired) electrons. The summed E-state index contributed by atoms with van der Waals surface area (Å²) in [6.07, 6.45) is 1.67. The summed E-state index contributed by atoms with van der Waals surface area (Å²) in [5, 5.41) is 5.82. The Labute approximate surface area is 192 Å². The minimum atomic E-state index is -0.340. The topological polar surface area (TPSA) is 68.8 Å².